The number of anilines is 1. The molecule has 95 heavy (non-hydrogen) atoms. The number of para-hydroxylation sites is 1. The molecule has 4 aliphatic rings. The van der Waals surface area contributed by atoms with Crippen molar-refractivity contribution < 1.29 is 82.4 Å². The number of ketones is 3. The topological polar surface area (TPSA) is 418 Å². The second kappa shape index (κ2) is 33.8. The van der Waals surface area contributed by atoms with Gasteiger partial charge in [-0.3, -0.25) is 72.0 Å². The first-order valence-corrected chi connectivity index (χ1v) is 33.6. The Morgan fingerprint density at radius 3 is 2.12 bits per heavy atom. The van der Waals surface area contributed by atoms with Crippen molar-refractivity contribution in [1.82, 2.24) is 52.0 Å². The number of carbonyl (C=O) groups excluding carboxylic acids is 14. The number of aromatic nitrogens is 1. The number of aliphatic hydroxyl groups is 3. The van der Waals surface area contributed by atoms with Gasteiger partial charge in [-0.1, -0.05) is 78.3 Å². The molecule has 28 nitrogen and oxygen atoms in total. The van der Waals surface area contributed by atoms with Gasteiger partial charge in [0.25, 0.3) is 0 Å². The molecule has 2 saturated heterocycles. The van der Waals surface area contributed by atoms with E-state index < -0.39 is 193 Å². The van der Waals surface area contributed by atoms with Crippen LogP contribution in [-0.4, -0.2) is 199 Å². The number of likely N-dealkylation sites (tertiary alicyclic amines) is 1. The van der Waals surface area contributed by atoms with E-state index in [-0.39, 0.29) is 75.8 Å². The third kappa shape index (κ3) is 19.4. The second-order valence-electron chi connectivity index (χ2n) is 25.7. The minimum Gasteiger partial charge on any atom is -0.394 e. The number of benzene rings is 2. The van der Waals surface area contributed by atoms with Gasteiger partial charge in [0.1, 0.15) is 12.1 Å². The van der Waals surface area contributed by atoms with Crippen LogP contribution >= 0.6 is 11.8 Å². The van der Waals surface area contributed by atoms with E-state index in [1.807, 2.05) is 0 Å². The summed E-state index contributed by atoms with van der Waals surface area (Å²) in [5.41, 5.74) is 2.39. The lowest BCUT2D eigenvalue weighted by molar-refractivity contribution is -0.145. The van der Waals surface area contributed by atoms with Crippen molar-refractivity contribution in [2.24, 2.45) is 35.5 Å². The number of thioether (sulfide) groups is 1. The molecule has 3 unspecified atom stereocenters. The first-order chi connectivity index (χ1) is 45.1. The van der Waals surface area contributed by atoms with Crippen molar-refractivity contribution >= 4 is 111 Å². The zero-order valence-corrected chi connectivity index (χ0v) is 55.4. The fourth-order valence-electron chi connectivity index (χ4n) is 12.4. The Hall–Kier alpha value is -8.41. The lowest BCUT2D eigenvalue weighted by atomic mass is 9.82. The quantitative estimate of drug-likeness (QED) is 0.0650. The third-order valence-electron chi connectivity index (χ3n) is 18.4. The number of amides is 11. The number of aryl methyl sites for hydroxylation is 1. The van der Waals surface area contributed by atoms with E-state index in [4.69, 9.17) is 0 Å². The number of aliphatic hydroxyl groups excluding tert-OH is 3. The van der Waals surface area contributed by atoms with E-state index in [1.165, 1.54) is 18.7 Å². The number of aromatic amines is 1. The highest BCUT2D eigenvalue weighted by Crippen LogP contribution is 2.32. The van der Waals surface area contributed by atoms with Gasteiger partial charge in [-0.25, -0.2) is 0 Å². The third-order valence-corrected chi connectivity index (χ3v) is 19.3. The highest BCUT2D eigenvalue weighted by molar-refractivity contribution is 8.00. The molecule has 11 amide bonds. The van der Waals surface area contributed by atoms with Crippen LogP contribution in [0.3, 0.4) is 0 Å². The maximum atomic E-state index is 15.1. The first-order valence-electron chi connectivity index (χ1n) is 32.3. The Balaban J connectivity index is 1.13. The lowest BCUT2D eigenvalue weighted by Crippen LogP contribution is -2.56. The average molecular weight is 1340 g/mol. The van der Waals surface area contributed by atoms with Gasteiger partial charge in [-0.05, 0) is 66.2 Å². The Morgan fingerprint density at radius 2 is 1.45 bits per heavy atom. The van der Waals surface area contributed by atoms with Crippen LogP contribution in [-0.2, 0) is 86.5 Å². The maximum Gasteiger partial charge on any atom is 0.243 e. The van der Waals surface area contributed by atoms with E-state index in [0.717, 1.165) is 9.80 Å². The number of rotatable bonds is 20. The molecule has 0 radical (unpaired) electrons. The van der Waals surface area contributed by atoms with Crippen LogP contribution in [0, 0.1) is 35.5 Å². The van der Waals surface area contributed by atoms with Crippen LogP contribution in [0.1, 0.15) is 116 Å². The molecule has 516 valence electrons. The molecule has 0 saturated carbocycles. The Bertz CT molecular complexity index is 3390. The zero-order chi connectivity index (χ0) is 69.5. The SMILES string of the molecule is CC[C@H](C)[C@@H]1NC(=O)CNC(=O)C2Cc3c([nH]c4ccccc34)CC[C@H](NC(=O)CNC1=O)C(=O)C[C@@H](CC(=O)NCc1ccc(NC(=O)[C@H](C)CC(=O)C(NC(=O)CCN3C(=O)CC(SC)C3=O)C(C)C)cc1)C(=O)N1C[C@H](O)C[C@@H]1C(=O)C[C@@H]([C@@H](C)[C@@H](O)CO)C(=O)N2. The van der Waals surface area contributed by atoms with Crippen molar-refractivity contribution in [3.05, 3.63) is 65.4 Å². The molecule has 0 aliphatic carbocycles. The van der Waals surface area contributed by atoms with Gasteiger partial charge < -0.3 is 67.7 Å². The molecular formula is C66H89N11O17S. The summed E-state index contributed by atoms with van der Waals surface area (Å²) in [6, 6.07) is 6.80. The molecule has 5 heterocycles. The van der Waals surface area contributed by atoms with E-state index in [0.29, 0.717) is 39.8 Å². The summed E-state index contributed by atoms with van der Waals surface area (Å²) in [6.45, 7) is 7.03. The maximum absolute atomic E-state index is 15.1. The predicted octanol–water partition coefficient (Wildman–Crippen LogP) is -0.233. The van der Waals surface area contributed by atoms with Crippen LogP contribution in [0.4, 0.5) is 5.69 Å². The zero-order valence-electron chi connectivity index (χ0n) is 54.6. The molecule has 3 aromatic rings. The molecule has 4 aliphatic heterocycles. The summed E-state index contributed by atoms with van der Waals surface area (Å²) < 4.78 is 0. The second-order valence-corrected chi connectivity index (χ2v) is 26.7. The highest BCUT2D eigenvalue weighted by Gasteiger charge is 2.46. The molecule has 7 rings (SSSR count). The standard InChI is InChI=1S/C66H89N11O17S/c1-8-34(4)60-64(92)69-29-56(86)72-46-18-17-45-43(41-11-9-10-12-44(41)71-45)25-47(63(91)68-30-57(87)75-60)73-62(90)42(36(6)52(83)32-78)26-50(81)48-24-40(79)31-77(48)65(93)38(22-49(46)80)23-55(85)67-28-37-13-15-39(16-14-37)70-61(89)35(5)21-51(82)59(33(2)3)74-54(84)19-20-76-58(88)27-53(95-7)66(76)94/h9-16,33-36,38,40,42,46-48,52-53,59-60,71,78-79,83H,8,17-32H2,1-7H3,(H,67,85)(H,68,91)(H,69,92)(H,70,89)(H,72,86)(H,73,90)(H,74,84)(H,75,87)/t34-,35+,36+,38-,40+,42-,46-,47?,48+,52-,53?,59?,60-/m0/s1. The molecule has 0 spiro atoms. The fourth-order valence-corrected chi connectivity index (χ4v) is 13.0. The number of hydrogen-bond acceptors (Lipinski definition) is 18. The minimum atomic E-state index is -1.58. The number of H-pyrrole nitrogens is 1. The van der Waals surface area contributed by atoms with Gasteiger partial charge in [-0.15, -0.1) is 0 Å². The number of imide groups is 1. The van der Waals surface area contributed by atoms with Crippen LogP contribution < -0.4 is 42.5 Å². The molecule has 2 fully saturated rings. The van der Waals surface area contributed by atoms with Crippen molar-refractivity contribution in [2.75, 3.05) is 44.4 Å². The normalized spacial score (nSPS) is 24.7. The number of carbonyl (C=O) groups is 14. The summed E-state index contributed by atoms with van der Waals surface area (Å²) in [4.78, 5) is 200. The Labute approximate surface area is 554 Å². The number of hydrogen-bond donors (Lipinski definition) is 12. The summed E-state index contributed by atoms with van der Waals surface area (Å²) in [7, 11) is 0. The fraction of sp³-hybridized carbons (Fsp3) is 0.576. The van der Waals surface area contributed by atoms with Gasteiger partial charge in [0.15, 0.2) is 17.3 Å². The smallest absolute Gasteiger partial charge is 0.243 e. The Kier molecular flexibility index (Phi) is 26.3. The van der Waals surface area contributed by atoms with Crippen LogP contribution in [0.2, 0.25) is 0 Å². The van der Waals surface area contributed by atoms with Gasteiger partial charge in [0, 0.05) is 105 Å². The summed E-state index contributed by atoms with van der Waals surface area (Å²) in [6.07, 6.45) is -3.98. The van der Waals surface area contributed by atoms with Crippen molar-refractivity contribution in [3.8, 4) is 0 Å². The van der Waals surface area contributed by atoms with E-state index >= 15 is 9.59 Å². The largest absolute Gasteiger partial charge is 0.394 e. The number of nitrogens with one attached hydrogen (secondary N) is 9. The summed E-state index contributed by atoms with van der Waals surface area (Å²) in [5.74, 6) is -15.4. The van der Waals surface area contributed by atoms with E-state index in [9.17, 15) is 72.9 Å². The number of Topliss-reactive ketones (excluding diaryl/α,β-unsaturated/α-hetero) is 3. The van der Waals surface area contributed by atoms with Crippen LogP contribution in [0.25, 0.3) is 10.9 Å². The molecule has 2 bridgehead atoms. The minimum absolute atomic E-state index is 0.0123. The van der Waals surface area contributed by atoms with Gasteiger partial charge >= 0.3 is 0 Å². The van der Waals surface area contributed by atoms with Crippen molar-refractivity contribution in [1.29, 1.82) is 0 Å². The van der Waals surface area contributed by atoms with Gasteiger partial charge in [-0.2, -0.15) is 11.8 Å². The van der Waals surface area contributed by atoms with Crippen molar-refractivity contribution in [2.45, 2.75) is 166 Å². The molecule has 2 aromatic carbocycles. The Morgan fingerprint density at radius 1 is 0.768 bits per heavy atom. The average Bonchev–Trinajstić information content (AvgIpc) is 1.77. The number of nitrogens with zero attached hydrogens (tertiary/aromatic N) is 2. The van der Waals surface area contributed by atoms with Crippen LogP contribution in [0.5, 0.6) is 0 Å². The van der Waals surface area contributed by atoms with E-state index in [2.05, 4.69) is 47.5 Å². The molecule has 12 N–H and O–H groups in total. The predicted molar refractivity (Wildman–Crippen MR) is 347 cm³/mol. The lowest BCUT2D eigenvalue weighted by Gasteiger charge is -2.32. The molecule has 29 heteroatoms. The monoisotopic (exact) mass is 1340 g/mol. The van der Waals surface area contributed by atoms with Gasteiger partial charge in [0.05, 0.1) is 61.2 Å². The summed E-state index contributed by atoms with van der Waals surface area (Å²) in [5, 5.41) is 53.8. The molecular weight excluding hydrogens is 1250 g/mol. The van der Waals surface area contributed by atoms with Gasteiger partial charge in [0.2, 0.25) is 65.0 Å². The molecule has 13 atom stereocenters. The van der Waals surface area contributed by atoms with E-state index in [1.54, 1.807) is 89.4 Å². The summed E-state index contributed by atoms with van der Waals surface area (Å²) >= 11 is 1.26. The van der Waals surface area contributed by atoms with Crippen molar-refractivity contribution in [3.63, 3.8) is 0 Å². The molecule has 1 aromatic heterocycles. The number of fused-ring (bicyclic) bond motifs is 5. The van der Waals surface area contributed by atoms with Crippen LogP contribution in [0.15, 0.2) is 48.5 Å². The highest BCUT2D eigenvalue weighted by atomic mass is 32.2. The first kappa shape index (κ1) is 74.0.